The lowest BCUT2D eigenvalue weighted by Gasteiger charge is -2.07. The fraction of sp³-hybridized carbons (Fsp3) is 0. The summed E-state index contributed by atoms with van der Waals surface area (Å²) in [7, 11) is 0. The molecule has 0 unspecified atom stereocenters. The van der Waals surface area contributed by atoms with Crippen LogP contribution < -0.4 is 5.32 Å². The van der Waals surface area contributed by atoms with Crippen molar-refractivity contribution in [2.45, 2.75) is 0 Å². The Kier molecular flexibility index (Phi) is 3.88. The molecule has 8 heteroatoms. The van der Waals surface area contributed by atoms with Crippen molar-refractivity contribution in [1.82, 2.24) is 0 Å². The maximum absolute atomic E-state index is 13.4. The maximum Gasteiger partial charge on any atom is 0.269 e. The van der Waals surface area contributed by atoms with Crippen LogP contribution >= 0.6 is 0 Å². The van der Waals surface area contributed by atoms with E-state index in [1.165, 1.54) is 0 Å². The van der Waals surface area contributed by atoms with Gasteiger partial charge in [-0.2, -0.15) is 0 Å². The van der Waals surface area contributed by atoms with E-state index in [4.69, 9.17) is 0 Å². The number of nitrogens with one attached hydrogen (secondary N) is 1. The van der Waals surface area contributed by atoms with Crippen LogP contribution in [0.1, 0.15) is 10.4 Å². The molecule has 21 heavy (non-hydrogen) atoms. The van der Waals surface area contributed by atoms with Gasteiger partial charge in [0.15, 0.2) is 11.6 Å². The molecule has 0 radical (unpaired) electrons. The average Bonchev–Trinajstić information content (AvgIpc) is 2.44. The van der Waals surface area contributed by atoms with Gasteiger partial charge in [0.05, 0.1) is 10.6 Å². The van der Waals surface area contributed by atoms with Gasteiger partial charge in [0, 0.05) is 29.8 Å². The van der Waals surface area contributed by atoms with E-state index in [2.05, 4.69) is 5.32 Å². The molecule has 2 aromatic carbocycles. The standard InChI is InChI=1S/C13H7F3N2O3/c14-9-5-11(16)12(6-10(9)15)17-13(19)7-1-3-8(4-2-7)18(20)21/h1-6H,(H,17,19). The Morgan fingerprint density at radius 1 is 1.00 bits per heavy atom. The first kappa shape index (κ1) is 14.5. The highest BCUT2D eigenvalue weighted by atomic mass is 19.2. The number of amides is 1. The van der Waals surface area contributed by atoms with Crippen molar-refractivity contribution < 1.29 is 22.9 Å². The third-order valence-corrected chi connectivity index (χ3v) is 2.60. The molecule has 0 heterocycles. The predicted octanol–water partition coefficient (Wildman–Crippen LogP) is 3.26. The lowest BCUT2D eigenvalue weighted by molar-refractivity contribution is -0.384. The zero-order chi connectivity index (χ0) is 15.6. The molecule has 0 saturated heterocycles. The third kappa shape index (κ3) is 3.16. The van der Waals surface area contributed by atoms with Gasteiger partial charge < -0.3 is 5.32 Å². The highest BCUT2D eigenvalue weighted by Crippen LogP contribution is 2.20. The van der Waals surface area contributed by atoms with E-state index in [9.17, 15) is 28.1 Å². The SMILES string of the molecule is O=C(Nc1cc(F)c(F)cc1F)c1ccc([N+](=O)[O-])cc1. The Morgan fingerprint density at radius 2 is 1.57 bits per heavy atom. The molecule has 5 nitrogen and oxygen atoms in total. The number of nitro benzene ring substituents is 1. The van der Waals surface area contributed by atoms with Crippen molar-refractivity contribution in [3.05, 3.63) is 69.5 Å². The van der Waals surface area contributed by atoms with Crippen LogP contribution in [0, 0.1) is 27.6 Å². The highest BCUT2D eigenvalue weighted by Gasteiger charge is 2.14. The van der Waals surface area contributed by atoms with E-state index >= 15 is 0 Å². The second kappa shape index (κ2) is 5.61. The van der Waals surface area contributed by atoms with E-state index in [-0.39, 0.29) is 11.3 Å². The van der Waals surface area contributed by atoms with Crippen LogP contribution in [0.5, 0.6) is 0 Å². The molecular weight excluding hydrogens is 289 g/mol. The molecular formula is C13H7F3N2O3. The number of carbonyl (C=O) groups excluding carboxylic acids is 1. The van der Waals surface area contributed by atoms with Gasteiger partial charge in [-0.05, 0) is 12.1 Å². The van der Waals surface area contributed by atoms with Crippen LogP contribution in [-0.2, 0) is 0 Å². The fourth-order valence-corrected chi connectivity index (χ4v) is 1.55. The number of hydrogen-bond donors (Lipinski definition) is 1. The highest BCUT2D eigenvalue weighted by molar-refractivity contribution is 6.04. The minimum Gasteiger partial charge on any atom is -0.319 e. The first-order valence-corrected chi connectivity index (χ1v) is 5.59. The van der Waals surface area contributed by atoms with Crippen molar-refractivity contribution in [3.8, 4) is 0 Å². The summed E-state index contributed by atoms with van der Waals surface area (Å²) in [5, 5.41) is 12.5. The smallest absolute Gasteiger partial charge is 0.269 e. The Morgan fingerprint density at radius 3 is 2.14 bits per heavy atom. The lowest BCUT2D eigenvalue weighted by atomic mass is 10.2. The van der Waals surface area contributed by atoms with Crippen LogP contribution in [0.15, 0.2) is 36.4 Å². The first-order chi connectivity index (χ1) is 9.88. The van der Waals surface area contributed by atoms with Gasteiger partial charge in [0.2, 0.25) is 0 Å². The molecule has 0 bridgehead atoms. The van der Waals surface area contributed by atoms with Gasteiger partial charge in [0.25, 0.3) is 11.6 Å². The van der Waals surface area contributed by atoms with Crippen molar-refractivity contribution in [3.63, 3.8) is 0 Å². The summed E-state index contributed by atoms with van der Waals surface area (Å²) in [6.45, 7) is 0. The van der Waals surface area contributed by atoms with E-state index in [0.29, 0.717) is 12.1 Å². The van der Waals surface area contributed by atoms with Crippen LogP contribution in [0.2, 0.25) is 0 Å². The molecule has 0 atom stereocenters. The fourth-order valence-electron chi connectivity index (χ4n) is 1.55. The Bertz CT molecular complexity index is 717. The summed E-state index contributed by atoms with van der Waals surface area (Å²) in [5.74, 6) is -4.63. The molecule has 0 fully saturated rings. The summed E-state index contributed by atoms with van der Waals surface area (Å²) in [4.78, 5) is 21.6. The van der Waals surface area contributed by atoms with Gasteiger partial charge in [-0.3, -0.25) is 14.9 Å². The van der Waals surface area contributed by atoms with Gasteiger partial charge in [0.1, 0.15) is 5.82 Å². The molecule has 0 aliphatic carbocycles. The van der Waals surface area contributed by atoms with Gasteiger partial charge >= 0.3 is 0 Å². The average molecular weight is 296 g/mol. The zero-order valence-corrected chi connectivity index (χ0v) is 10.3. The summed E-state index contributed by atoms with van der Waals surface area (Å²) >= 11 is 0. The topological polar surface area (TPSA) is 72.2 Å². The number of rotatable bonds is 3. The summed E-state index contributed by atoms with van der Waals surface area (Å²) in [5.41, 5.74) is -0.743. The first-order valence-electron chi connectivity index (χ1n) is 5.59. The number of non-ortho nitro benzene ring substituents is 1. The van der Waals surface area contributed by atoms with Gasteiger partial charge in [-0.25, -0.2) is 13.2 Å². The molecule has 0 saturated carbocycles. The Labute approximate surface area is 116 Å². The van der Waals surface area contributed by atoms with Gasteiger partial charge in [-0.1, -0.05) is 0 Å². The van der Waals surface area contributed by atoms with Crippen molar-refractivity contribution in [1.29, 1.82) is 0 Å². The molecule has 2 rings (SSSR count). The number of benzene rings is 2. The second-order valence-corrected chi connectivity index (χ2v) is 4.00. The Balaban J connectivity index is 2.22. The largest absolute Gasteiger partial charge is 0.319 e. The summed E-state index contributed by atoms with van der Waals surface area (Å²) in [6.07, 6.45) is 0. The van der Waals surface area contributed by atoms with Crippen molar-refractivity contribution in [2.24, 2.45) is 0 Å². The monoisotopic (exact) mass is 296 g/mol. The molecule has 0 spiro atoms. The molecule has 1 N–H and O–H groups in total. The van der Waals surface area contributed by atoms with Crippen LogP contribution in [-0.4, -0.2) is 10.8 Å². The number of carbonyl (C=O) groups is 1. The number of nitrogens with zero attached hydrogens (tertiary/aromatic N) is 1. The predicted molar refractivity (Wildman–Crippen MR) is 67.4 cm³/mol. The van der Waals surface area contributed by atoms with E-state index in [1.54, 1.807) is 0 Å². The minimum atomic E-state index is -1.37. The van der Waals surface area contributed by atoms with E-state index in [1.807, 2.05) is 0 Å². The second-order valence-electron chi connectivity index (χ2n) is 4.00. The van der Waals surface area contributed by atoms with Gasteiger partial charge in [-0.15, -0.1) is 0 Å². The number of nitro groups is 1. The van der Waals surface area contributed by atoms with Crippen LogP contribution in [0.25, 0.3) is 0 Å². The quantitative estimate of drug-likeness (QED) is 0.537. The molecule has 2 aromatic rings. The van der Waals surface area contributed by atoms with Crippen LogP contribution in [0.3, 0.4) is 0 Å². The van der Waals surface area contributed by atoms with Crippen molar-refractivity contribution in [2.75, 3.05) is 5.32 Å². The summed E-state index contributed by atoms with van der Waals surface area (Å²) < 4.78 is 39.1. The molecule has 0 aliphatic rings. The maximum atomic E-state index is 13.4. The zero-order valence-electron chi connectivity index (χ0n) is 10.3. The van der Waals surface area contributed by atoms with E-state index < -0.39 is 34.0 Å². The normalized spacial score (nSPS) is 10.2. The molecule has 0 aromatic heterocycles. The molecule has 0 aliphatic heterocycles. The molecule has 1 amide bonds. The molecule has 108 valence electrons. The Hall–Kier alpha value is -2.90. The summed E-state index contributed by atoms with van der Waals surface area (Å²) in [6, 6.07) is 5.32. The number of halogens is 3. The van der Waals surface area contributed by atoms with Crippen LogP contribution in [0.4, 0.5) is 24.5 Å². The van der Waals surface area contributed by atoms with Crippen molar-refractivity contribution >= 4 is 17.3 Å². The lowest BCUT2D eigenvalue weighted by Crippen LogP contribution is -2.13. The van der Waals surface area contributed by atoms with E-state index in [0.717, 1.165) is 24.3 Å². The number of hydrogen-bond acceptors (Lipinski definition) is 3. The third-order valence-electron chi connectivity index (χ3n) is 2.60. The number of anilines is 1. The minimum absolute atomic E-state index is 0.00438.